The van der Waals surface area contributed by atoms with Crippen LogP contribution < -0.4 is 0 Å². The standard InChI is InChI=1S/C21H22N2O4/c1-14(2)19-20(24)27-21(22-19,17-7-5-4-6-8-17)18(13-23(25)26)16-11-9-15(3)10-12-16/h4-12,14,18H,13H2,1-3H3. The largest absolute Gasteiger partial charge is 0.427 e. The van der Waals surface area contributed by atoms with Crippen molar-refractivity contribution in [3.63, 3.8) is 0 Å². The Bertz CT molecular complexity index is 875. The zero-order valence-electron chi connectivity index (χ0n) is 15.6. The number of rotatable bonds is 6. The van der Waals surface area contributed by atoms with Crippen molar-refractivity contribution < 1.29 is 14.5 Å². The number of benzene rings is 2. The fraction of sp³-hybridized carbons (Fsp3) is 0.333. The van der Waals surface area contributed by atoms with Crippen LogP contribution in [0.25, 0.3) is 0 Å². The molecule has 0 N–H and O–H groups in total. The molecule has 6 nitrogen and oxygen atoms in total. The van der Waals surface area contributed by atoms with Gasteiger partial charge in [0, 0.05) is 16.4 Å². The van der Waals surface area contributed by atoms with Gasteiger partial charge >= 0.3 is 5.97 Å². The van der Waals surface area contributed by atoms with Crippen molar-refractivity contribution in [3.05, 3.63) is 81.4 Å². The van der Waals surface area contributed by atoms with E-state index in [1.165, 1.54) is 0 Å². The van der Waals surface area contributed by atoms with Gasteiger partial charge in [0.15, 0.2) is 0 Å². The summed E-state index contributed by atoms with van der Waals surface area (Å²) in [6, 6.07) is 16.5. The van der Waals surface area contributed by atoms with Gasteiger partial charge in [-0.3, -0.25) is 10.1 Å². The lowest BCUT2D eigenvalue weighted by Gasteiger charge is -2.32. The zero-order chi connectivity index (χ0) is 19.6. The molecular weight excluding hydrogens is 344 g/mol. The molecule has 0 aromatic heterocycles. The maximum absolute atomic E-state index is 12.6. The third kappa shape index (κ3) is 3.60. The molecule has 3 rings (SSSR count). The van der Waals surface area contributed by atoms with Crippen molar-refractivity contribution in [3.8, 4) is 0 Å². The highest BCUT2D eigenvalue weighted by atomic mass is 16.6. The van der Waals surface area contributed by atoms with Gasteiger partial charge in [0.1, 0.15) is 11.6 Å². The van der Waals surface area contributed by atoms with Gasteiger partial charge in [-0.1, -0.05) is 74.0 Å². The normalized spacial score (nSPS) is 20.3. The number of nitro groups is 1. The van der Waals surface area contributed by atoms with Gasteiger partial charge < -0.3 is 4.74 Å². The number of ether oxygens (including phenoxy) is 1. The van der Waals surface area contributed by atoms with Crippen molar-refractivity contribution >= 4 is 11.7 Å². The third-order valence-electron chi connectivity index (χ3n) is 4.76. The van der Waals surface area contributed by atoms with Crippen LogP contribution in [0.5, 0.6) is 0 Å². The molecule has 27 heavy (non-hydrogen) atoms. The number of hydrogen-bond acceptors (Lipinski definition) is 5. The Balaban J connectivity index is 2.22. The first kappa shape index (κ1) is 18.8. The van der Waals surface area contributed by atoms with Gasteiger partial charge in [-0.25, -0.2) is 9.79 Å². The molecular formula is C21H22N2O4. The molecule has 1 aliphatic rings. The second-order valence-electron chi connectivity index (χ2n) is 7.08. The number of carbonyl (C=O) groups excluding carboxylic acids is 1. The lowest BCUT2D eigenvalue weighted by atomic mass is 9.83. The van der Waals surface area contributed by atoms with Crippen LogP contribution in [0.3, 0.4) is 0 Å². The minimum absolute atomic E-state index is 0.141. The Morgan fingerprint density at radius 1 is 1.11 bits per heavy atom. The molecule has 2 atom stereocenters. The Morgan fingerprint density at radius 3 is 2.26 bits per heavy atom. The Labute approximate surface area is 158 Å². The number of aryl methyl sites for hydroxylation is 1. The number of cyclic esters (lactones) is 1. The lowest BCUT2D eigenvalue weighted by Crippen LogP contribution is -2.37. The van der Waals surface area contributed by atoms with E-state index >= 15 is 0 Å². The van der Waals surface area contributed by atoms with Crippen LogP contribution in [0.1, 0.15) is 36.5 Å². The van der Waals surface area contributed by atoms with E-state index < -0.39 is 24.2 Å². The van der Waals surface area contributed by atoms with Gasteiger partial charge in [0.25, 0.3) is 0 Å². The van der Waals surface area contributed by atoms with Gasteiger partial charge in [-0.15, -0.1) is 0 Å². The van der Waals surface area contributed by atoms with Crippen LogP contribution in [0.2, 0.25) is 0 Å². The first-order valence-corrected chi connectivity index (χ1v) is 8.90. The highest BCUT2D eigenvalue weighted by Crippen LogP contribution is 2.45. The molecule has 0 bridgehead atoms. The van der Waals surface area contributed by atoms with E-state index in [4.69, 9.17) is 4.74 Å². The second kappa shape index (κ2) is 7.31. The predicted molar refractivity (Wildman–Crippen MR) is 102 cm³/mol. The van der Waals surface area contributed by atoms with E-state index in [2.05, 4.69) is 4.99 Å². The molecule has 0 radical (unpaired) electrons. The van der Waals surface area contributed by atoms with E-state index in [9.17, 15) is 14.9 Å². The maximum Gasteiger partial charge on any atom is 0.355 e. The summed E-state index contributed by atoms with van der Waals surface area (Å²) in [6.45, 7) is 5.26. The monoisotopic (exact) mass is 366 g/mol. The smallest absolute Gasteiger partial charge is 0.355 e. The quantitative estimate of drug-likeness (QED) is 0.441. The summed E-state index contributed by atoms with van der Waals surface area (Å²) < 4.78 is 5.81. The summed E-state index contributed by atoms with van der Waals surface area (Å²) in [4.78, 5) is 28.3. The van der Waals surface area contributed by atoms with Crippen molar-refractivity contribution in [1.29, 1.82) is 0 Å². The minimum atomic E-state index is -1.44. The Kier molecular flexibility index (Phi) is 5.08. The molecule has 0 amide bonds. The lowest BCUT2D eigenvalue weighted by molar-refractivity contribution is -0.487. The van der Waals surface area contributed by atoms with E-state index in [1.54, 1.807) is 12.1 Å². The van der Waals surface area contributed by atoms with E-state index in [0.29, 0.717) is 16.8 Å². The number of hydrogen-bond donors (Lipinski definition) is 0. The summed E-state index contributed by atoms with van der Waals surface area (Å²) in [5, 5.41) is 11.5. The fourth-order valence-corrected chi connectivity index (χ4v) is 3.36. The average Bonchev–Trinajstić information content (AvgIpc) is 3.00. The molecule has 2 aromatic rings. The van der Waals surface area contributed by atoms with Gasteiger partial charge in [0.05, 0.1) is 0 Å². The second-order valence-corrected chi connectivity index (χ2v) is 7.08. The molecule has 0 aliphatic carbocycles. The van der Waals surface area contributed by atoms with E-state index in [-0.39, 0.29) is 10.8 Å². The van der Waals surface area contributed by atoms with Crippen LogP contribution >= 0.6 is 0 Å². The topological polar surface area (TPSA) is 81.8 Å². The SMILES string of the molecule is Cc1ccc(C(C[N+](=O)[O-])C2(c3ccccc3)N=C(C(C)C)C(=O)O2)cc1. The number of nitrogens with zero attached hydrogens (tertiary/aromatic N) is 2. The summed E-state index contributed by atoms with van der Waals surface area (Å²) in [7, 11) is 0. The van der Waals surface area contributed by atoms with Crippen molar-refractivity contribution in [2.75, 3.05) is 6.54 Å². The molecule has 0 spiro atoms. The summed E-state index contributed by atoms with van der Waals surface area (Å²) in [6.07, 6.45) is 0. The van der Waals surface area contributed by atoms with Crippen LogP contribution in [0.4, 0.5) is 0 Å². The van der Waals surface area contributed by atoms with Crippen molar-refractivity contribution in [1.82, 2.24) is 0 Å². The van der Waals surface area contributed by atoms with Gasteiger partial charge in [0.2, 0.25) is 12.3 Å². The number of esters is 1. The molecule has 2 unspecified atom stereocenters. The predicted octanol–water partition coefficient (Wildman–Crippen LogP) is 3.86. The molecule has 6 heteroatoms. The summed E-state index contributed by atoms with van der Waals surface area (Å²) in [5.41, 5.74) is 1.24. The van der Waals surface area contributed by atoms with Crippen molar-refractivity contribution in [2.45, 2.75) is 32.4 Å². The fourth-order valence-electron chi connectivity index (χ4n) is 3.36. The first-order chi connectivity index (χ1) is 12.8. The highest BCUT2D eigenvalue weighted by Gasteiger charge is 2.52. The molecule has 140 valence electrons. The highest BCUT2D eigenvalue weighted by molar-refractivity contribution is 6.38. The number of carbonyl (C=O) groups is 1. The molecule has 2 aromatic carbocycles. The zero-order valence-corrected chi connectivity index (χ0v) is 15.6. The van der Waals surface area contributed by atoms with Crippen LogP contribution in [-0.4, -0.2) is 23.1 Å². The maximum atomic E-state index is 12.6. The molecule has 0 fully saturated rings. The van der Waals surface area contributed by atoms with Crippen molar-refractivity contribution in [2.24, 2.45) is 10.9 Å². The van der Waals surface area contributed by atoms with E-state index in [0.717, 1.165) is 5.56 Å². The molecule has 1 heterocycles. The third-order valence-corrected chi connectivity index (χ3v) is 4.76. The first-order valence-electron chi connectivity index (χ1n) is 8.90. The van der Waals surface area contributed by atoms with E-state index in [1.807, 2.05) is 63.2 Å². The molecule has 0 saturated carbocycles. The molecule has 1 aliphatic heterocycles. The van der Waals surface area contributed by atoms with Crippen LogP contribution in [-0.2, 0) is 15.3 Å². The Hall–Kier alpha value is -3.02. The van der Waals surface area contributed by atoms with Crippen LogP contribution in [0, 0.1) is 23.0 Å². The molecule has 0 saturated heterocycles. The number of aliphatic imine (C=N–C) groups is 1. The average molecular weight is 366 g/mol. The summed E-state index contributed by atoms with van der Waals surface area (Å²) >= 11 is 0. The van der Waals surface area contributed by atoms with Crippen LogP contribution in [0.15, 0.2) is 59.6 Å². The summed E-state index contributed by atoms with van der Waals surface area (Å²) in [5.74, 6) is -1.40. The van der Waals surface area contributed by atoms with Gasteiger partial charge in [-0.05, 0) is 12.5 Å². The minimum Gasteiger partial charge on any atom is -0.427 e. The Morgan fingerprint density at radius 2 is 1.74 bits per heavy atom. The van der Waals surface area contributed by atoms with Gasteiger partial charge in [-0.2, -0.15) is 0 Å².